The first-order valence-electron chi connectivity index (χ1n) is 7.05. The number of ketones is 1. The van der Waals surface area contributed by atoms with Crippen LogP contribution in [0.25, 0.3) is 11.5 Å². The Kier molecular flexibility index (Phi) is 4.15. The lowest BCUT2D eigenvalue weighted by atomic mass is 10.1. The predicted molar refractivity (Wildman–Crippen MR) is 84.1 cm³/mol. The van der Waals surface area contributed by atoms with E-state index in [1.165, 1.54) is 25.1 Å². The third-order valence-corrected chi connectivity index (χ3v) is 3.22. The number of nitrogens with zero attached hydrogens (tertiary/aromatic N) is 2. The van der Waals surface area contributed by atoms with E-state index in [2.05, 4.69) is 15.5 Å². The molecular formula is C17H12FN3O3. The largest absolute Gasteiger partial charge is 0.412 e. The third kappa shape index (κ3) is 3.35. The van der Waals surface area contributed by atoms with Gasteiger partial charge in [-0.15, -0.1) is 10.2 Å². The number of anilines is 1. The van der Waals surface area contributed by atoms with Crippen molar-refractivity contribution >= 4 is 17.4 Å². The molecule has 6 nitrogen and oxygen atoms in total. The maximum Gasteiger partial charge on any atom is 0.313 e. The summed E-state index contributed by atoms with van der Waals surface area (Å²) in [6.07, 6.45) is 0. The molecule has 0 atom stereocenters. The molecule has 0 unspecified atom stereocenters. The molecular weight excluding hydrogens is 313 g/mol. The first kappa shape index (κ1) is 15.5. The molecule has 120 valence electrons. The molecule has 24 heavy (non-hydrogen) atoms. The maximum absolute atomic E-state index is 13.2. The molecule has 0 saturated heterocycles. The van der Waals surface area contributed by atoms with Crippen LogP contribution in [-0.2, 0) is 0 Å². The summed E-state index contributed by atoms with van der Waals surface area (Å²) in [6.45, 7) is 1.43. The summed E-state index contributed by atoms with van der Waals surface area (Å²) in [4.78, 5) is 23.5. The Balaban J connectivity index is 1.79. The molecule has 0 saturated carbocycles. The van der Waals surface area contributed by atoms with Crippen molar-refractivity contribution in [2.24, 2.45) is 0 Å². The Morgan fingerprint density at radius 1 is 1.08 bits per heavy atom. The third-order valence-electron chi connectivity index (χ3n) is 3.22. The van der Waals surface area contributed by atoms with Gasteiger partial charge in [0.1, 0.15) is 5.82 Å². The molecule has 1 aromatic heterocycles. The maximum atomic E-state index is 13.2. The number of hydrogen-bond donors (Lipinski definition) is 1. The van der Waals surface area contributed by atoms with Gasteiger partial charge in [0, 0.05) is 16.8 Å². The SMILES string of the molecule is CC(=O)c1cccc(NC(=O)c2nnc(-c3cccc(F)c3)o2)c1. The van der Waals surface area contributed by atoms with E-state index in [0.29, 0.717) is 16.8 Å². The van der Waals surface area contributed by atoms with E-state index in [1.807, 2.05) is 0 Å². The summed E-state index contributed by atoms with van der Waals surface area (Å²) >= 11 is 0. The van der Waals surface area contributed by atoms with Crippen LogP contribution in [0, 0.1) is 5.82 Å². The molecule has 0 aliphatic carbocycles. The second kappa shape index (κ2) is 6.41. The summed E-state index contributed by atoms with van der Waals surface area (Å²) in [7, 11) is 0. The fourth-order valence-corrected chi connectivity index (χ4v) is 2.05. The minimum absolute atomic E-state index is 0.0390. The van der Waals surface area contributed by atoms with Crippen molar-refractivity contribution < 1.29 is 18.4 Å². The first-order valence-corrected chi connectivity index (χ1v) is 7.05. The van der Waals surface area contributed by atoms with E-state index in [0.717, 1.165) is 0 Å². The molecule has 1 N–H and O–H groups in total. The van der Waals surface area contributed by atoms with Gasteiger partial charge in [-0.1, -0.05) is 18.2 Å². The highest BCUT2D eigenvalue weighted by Gasteiger charge is 2.16. The van der Waals surface area contributed by atoms with Crippen molar-refractivity contribution in [2.45, 2.75) is 6.92 Å². The van der Waals surface area contributed by atoms with Crippen LogP contribution in [0.2, 0.25) is 0 Å². The van der Waals surface area contributed by atoms with E-state index >= 15 is 0 Å². The van der Waals surface area contributed by atoms with Crippen LogP contribution in [0.4, 0.5) is 10.1 Å². The number of aromatic nitrogens is 2. The van der Waals surface area contributed by atoms with Crippen molar-refractivity contribution in [1.82, 2.24) is 10.2 Å². The number of amides is 1. The number of halogens is 1. The second-order valence-electron chi connectivity index (χ2n) is 5.01. The summed E-state index contributed by atoms with van der Waals surface area (Å²) in [5, 5.41) is 9.96. The molecule has 0 fully saturated rings. The van der Waals surface area contributed by atoms with E-state index < -0.39 is 11.7 Å². The van der Waals surface area contributed by atoms with Crippen LogP contribution in [0.1, 0.15) is 28.0 Å². The molecule has 1 amide bonds. The Morgan fingerprint density at radius 3 is 2.62 bits per heavy atom. The number of rotatable bonds is 4. The van der Waals surface area contributed by atoms with Gasteiger partial charge in [0.15, 0.2) is 5.78 Å². The van der Waals surface area contributed by atoms with Gasteiger partial charge in [0.2, 0.25) is 5.89 Å². The zero-order valence-corrected chi connectivity index (χ0v) is 12.6. The molecule has 0 radical (unpaired) electrons. The van der Waals surface area contributed by atoms with Gasteiger partial charge < -0.3 is 9.73 Å². The van der Waals surface area contributed by atoms with E-state index in [4.69, 9.17) is 4.42 Å². The van der Waals surface area contributed by atoms with Gasteiger partial charge in [-0.25, -0.2) is 4.39 Å². The van der Waals surface area contributed by atoms with Crippen LogP contribution in [-0.4, -0.2) is 21.9 Å². The van der Waals surface area contributed by atoms with Gasteiger partial charge in [0.25, 0.3) is 0 Å². The summed E-state index contributed by atoms with van der Waals surface area (Å²) < 4.78 is 18.5. The topological polar surface area (TPSA) is 85.1 Å². The lowest BCUT2D eigenvalue weighted by Gasteiger charge is -2.03. The number of Topliss-reactive ketones (excluding diaryl/α,β-unsaturated/α-hetero) is 1. The number of hydrogen-bond acceptors (Lipinski definition) is 5. The smallest absolute Gasteiger partial charge is 0.313 e. The average Bonchev–Trinajstić information content (AvgIpc) is 3.05. The van der Waals surface area contributed by atoms with Gasteiger partial charge in [0.05, 0.1) is 0 Å². The van der Waals surface area contributed by atoms with E-state index in [-0.39, 0.29) is 17.6 Å². The molecule has 0 spiro atoms. The van der Waals surface area contributed by atoms with Crippen LogP contribution >= 0.6 is 0 Å². The van der Waals surface area contributed by atoms with Gasteiger partial charge in [-0.2, -0.15) is 0 Å². The normalized spacial score (nSPS) is 10.4. The van der Waals surface area contributed by atoms with Gasteiger partial charge in [-0.05, 0) is 37.3 Å². The highest BCUT2D eigenvalue weighted by Crippen LogP contribution is 2.19. The lowest BCUT2D eigenvalue weighted by Crippen LogP contribution is -2.12. The molecule has 0 aliphatic heterocycles. The van der Waals surface area contributed by atoms with Crippen LogP contribution in [0.15, 0.2) is 52.9 Å². The zero-order chi connectivity index (χ0) is 17.1. The Labute approximate surface area is 136 Å². The first-order chi connectivity index (χ1) is 11.5. The fraction of sp³-hybridized carbons (Fsp3) is 0.0588. The van der Waals surface area contributed by atoms with Crippen LogP contribution in [0.5, 0.6) is 0 Å². The van der Waals surface area contributed by atoms with Crippen molar-refractivity contribution in [2.75, 3.05) is 5.32 Å². The molecule has 3 rings (SSSR count). The zero-order valence-electron chi connectivity index (χ0n) is 12.6. The Bertz CT molecular complexity index is 921. The molecule has 0 aliphatic rings. The van der Waals surface area contributed by atoms with Crippen molar-refractivity contribution in [3.8, 4) is 11.5 Å². The molecule has 1 heterocycles. The van der Waals surface area contributed by atoms with Gasteiger partial charge in [-0.3, -0.25) is 9.59 Å². The van der Waals surface area contributed by atoms with E-state index in [1.54, 1.807) is 30.3 Å². The summed E-state index contributed by atoms with van der Waals surface area (Å²) in [5.41, 5.74) is 1.28. The average molecular weight is 325 g/mol. The molecule has 7 heteroatoms. The number of nitrogens with one attached hydrogen (secondary N) is 1. The van der Waals surface area contributed by atoms with Gasteiger partial charge >= 0.3 is 11.8 Å². The second-order valence-corrected chi connectivity index (χ2v) is 5.01. The highest BCUT2D eigenvalue weighted by atomic mass is 19.1. The summed E-state index contributed by atoms with van der Waals surface area (Å²) in [5.74, 6) is -1.40. The van der Waals surface area contributed by atoms with Crippen LogP contribution in [0.3, 0.4) is 0 Å². The monoisotopic (exact) mass is 325 g/mol. The van der Waals surface area contributed by atoms with Crippen molar-refractivity contribution in [1.29, 1.82) is 0 Å². The molecule has 0 bridgehead atoms. The molecule has 2 aromatic carbocycles. The minimum atomic E-state index is -0.620. The fourth-order valence-electron chi connectivity index (χ4n) is 2.05. The number of carbonyl (C=O) groups is 2. The molecule has 3 aromatic rings. The van der Waals surface area contributed by atoms with E-state index in [9.17, 15) is 14.0 Å². The lowest BCUT2D eigenvalue weighted by molar-refractivity contribution is 0.0987. The van der Waals surface area contributed by atoms with Crippen molar-refractivity contribution in [3.63, 3.8) is 0 Å². The van der Waals surface area contributed by atoms with Crippen molar-refractivity contribution in [3.05, 3.63) is 65.8 Å². The quantitative estimate of drug-likeness (QED) is 0.744. The Hall–Kier alpha value is -3.35. The summed E-state index contributed by atoms with van der Waals surface area (Å²) in [6, 6.07) is 12.1. The standard InChI is InChI=1S/C17H12FN3O3/c1-10(22)11-4-3-7-14(9-11)19-15(23)17-21-20-16(24-17)12-5-2-6-13(18)8-12/h2-9H,1H3,(H,19,23). The number of benzene rings is 2. The minimum Gasteiger partial charge on any atom is -0.412 e. The number of carbonyl (C=O) groups excluding carboxylic acids is 2. The highest BCUT2D eigenvalue weighted by molar-refractivity contribution is 6.02. The Morgan fingerprint density at radius 2 is 1.88 bits per heavy atom. The predicted octanol–water partition coefficient (Wildman–Crippen LogP) is 3.33. The van der Waals surface area contributed by atoms with Crippen LogP contribution < -0.4 is 5.32 Å².